The van der Waals surface area contributed by atoms with Crippen LogP contribution in [0.2, 0.25) is 0 Å². The van der Waals surface area contributed by atoms with Gasteiger partial charge in [0.2, 0.25) is 5.91 Å². The number of nitrogens with zero attached hydrogens (tertiary/aromatic N) is 1. The Morgan fingerprint density at radius 2 is 2.11 bits per heavy atom. The summed E-state index contributed by atoms with van der Waals surface area (Å²) in [6, 6.07) is 9.62. The predicted octanol–water partition coefficient (Wildman–Crippen LogP) is 1.89. The van der Waals surface area contributed by atoms with E-state index in [0.29, 0.717) is 13.0 Å². The number of benzene rings is 1. The third-order valence-corrected chi connectivity index (χ3v) is 2.93. The maximum absolute atomic E-state index is 11.8. The van der Waals surface area contributed by atoms with Crippen LogP contribution < -0.4 is 10.1 Å². The zero-order chi connectivity index (χ0) is 13.7. The minimum Gasteiger partial charge on any atom is -0.496 e. The van der Waals surface area contributed by atoms with Crippen LogP contribution in [-0.2, 0) is 24.8 Å². The average molecular weight is 258 g/mol. The van der Waals surface area contributed by atoms with Crippen molar-refractivity contribution < 1.29 is 9.53 Å². The molecule has 0 aliphatic heterocycles. The number of hydrogen-bond acceptors (Lipinski definition) is 2. The van der Waals surface area contributed by atoms with Gasteiger partial charge < -0.3 is 14.6 Å². The van der Waals surface area contributed by atoms with Crippen LogP contribution in [0.25, 0.3) is 0 Å². The number of ether oxygens (including phenoxy) is 1. The highest BCUT2D eigenvalue weighted by atomic mass is 16.5. The average Bonchev–Trinajstić information content (AvgIpc) is 2.82. The molecule has 1 heterocycles. The van der Waals surface area contributed by atoms with E-state index in [1.807, 2.05) is 54.3 Å². The van der Waals surface area contributed by atoms with Gasteiger partial charge in [-0.2, -0.15) is 0 Å². The Morgan fingerprint density at radius 3 is 2.79 bits per heavy atom. The lowest BCUT2D eigenvalue weighted by atomic mass is 10.2. The molecule has 0 saturated carbocycles. The van der Waals surface area contributed by atoms with Gasteiger partial charge in [0, 0.05) is 31.5 Å². The van der Waals surface area contributed by atoms with Gasteiger partial charge in [0.15, 0.2) is 0 Å². The number of nitrogens with one attached hydrogen (secondary N) is 1. The Labute approximate surface area is 113 Å². The minimum atomic E-state index is 0.0112. The lowest BCUT2D eigenvalue weighted by Gasteiger charge is -2.09. The van der Waals surface area contributed by atoms with Crippen molar-refractivity contribution in [3.05, 3.63) is 53.9 Å². The molecule has 0 bridgehead atoms. The highest BCUT2D eigenvalue weighted by molar-refractivity contribution is 5.78. The van der Waals surface area contributed by atoms with Crippen molar-refractivity contribution in [3.63, 3.8) is 0 Å². The van der Waals surface area contributed by atoms with Crippen LogP contribution in [0.3, 0.4) is 0 Å². The van der Waals surface area contributed by atoms with Crippen molar-refractivity contribution in [3.8, 4) is 5.75 Å². The summed E-state index contributed by atoms with van der Waals surface area (Å²) in [6.07, 6.45) is 4.28. The molecule has 0 aliphatic carbocycles. The largest absolute Gasteiger partial charge is 0.496 e. The van der Waals surface area contributed by atoms with E-state index in [9.17, 15) is 4.79 Å². The van der Waals surface area contributed by atoms with E-state index in [1.165, 1.54) is 0 Å². The predicted molar refractivity (Wildman–Crippen MR) is 74.0 cm³/mol. The Balaban J connectivity index is 1.89. The normalized spacial score (nSPS) is 10.2. The quantitative estimate of drug-likeness (QED) is 0.890. The molecule has 1 aromatic heterocycles. The van der Waals surface area contributed by atoms with Crippen molar-refractivity contribution in [2.75, 3.05) is 7.11 Å². The first-order valence-electron chi connectivity index (χ1n) is 6.18. The Morgan fingerprint density at radius 1 is 1.32 bits per heavy atom. The van der Waals surface area contributed by atoms with Crippen molar-refractivity contribution in [1.82, 2.24) is 9.88 Å². The first-order chi connectivity index (χ1) is 9.19. The fraction of sp³-hybridized carbons (Fsp3) is 0.267. The van der Waals surface area contributed by atoms with Crippen LogP contribution in [0, 0.1) is 0 Å². The summed E-state index contributed by atoms with van der Waals surface area (Å²) >= 11 is 0. The first-order valence-corrected chi connectivity index (χ1v) is 6.18. The molecular formula is C15H18N2O2. The lowest BCUT2D eigenvalue weighted by molar-refractivity contribution is -0.120. The zero-order valence-electron chi connectivity index (χ0n) is 11.2. The van der Waals surface area contributed by atoms with Gasteiger partial charge in [-0.25, -0.2) is 0 Å². The molecule has 0 unspecified atom stereocenters. The molecule has 2 rings (SSSR count). The summed E-state index contributed by atoms with van der Waals surface area (Å²) in [5.74, 6) is 0.805. The van der Waals surface area contributed by atoms with Gasteiger partial charge in [-0.15, -0.1) is 0 Å². The Hall–Kier alpha value is -2.23. The molecule has 2 aromatic rings. The van der Waals surface area contributed by atoms with E-state index >= 15 is 0 Å². The SMILES string of the molecule is COc1ccccc1CNC(=O)Cc1ccn(C)c1. The zero-order valence-corrected chi connectivity index (χ0v) is 11.2. The van der Waals surface area contributed by atoms with Gasteiger partial charge in [0.1, 0.15) is 5.75 Å². The number of hydrogen-bond donors (Lipinski definition) is 1. The fourth-order valence-electron chi connectivity index (χ4n) is 1.96. The topological polar surface area (TPSA) is 43.3 Å². The highest BCUT2D eigenvalue weighted by Gasteiger charge is 2.06. The van der Waals surface area contributed by atoms with Gasteiger partial charge in [0.05, 0.1) is 13.5 Å². The van der Waals surface area contributed by atoms with Gasteiger partial charge in [-0.1, -0.05) is 18.2 Å². The van der Waals surface area contributed by atoms with Crippen LogP contribution in [0.4, 0.5) is 0 Å². The summed E-state index contributed by atoms with van der Waals surface area (Å²) in [5, 5.41) is 2.90. The summed E-state index contributed by atoms with van der Waals surface area (Å²) in [7, 11) is 3.57. The number of rotatable bonds is 5. The molecule has 1 amide bonds. The Bertz CT molecular complexity index is 561. The van der Waals surface area contributed by atoms with Crippen LogP contribution in [0.1, 0.15) is 11.1 Å². The van der Waals surface area contributed by atoms with Crippen molar-refractivity contribution >= 4 is 5.91 Å². The molecule has 0 saturated heterocycles. The van der Waals surface area contributed by atoms with Crippen molar-refractivity contribution in [2.24, 2.45) is 7.05 Å². The lowest BCUT2D eigenvalue weighted by Crippen LogP contribution is -2.24. The second-order valence-corrected chi connectivity index (χ2v) is 4.45. The molecule has 0 aliphatic rings. The third-order valence-electron chi connectivity index (χ3n) is 2.93. The monoisotopic (exact) mass is 258 g/mol. The van der Waals surface area contributed by atoms with Crippen LogP contribution >= 0.6 is 0 Å². The molecule has 4 nitrogen and oxygen atoms in total. The van der Waals surface area contributed by atoms with E-state index in [4.69, 9.17) is 4.74 Å². The van der Waals surface area contributed by atoms with Gasteiger partial charge in [-0.3, -0.25) is 4.79 Å². The molecule has 1 N–H and O–H groups in total. The number of para-hydroxylation sites is 1. The van der Waals surface area contributed by atoms with Crippen LogP contribution in [0.15, 0.2) is 42.7 Å². The second kappa shape index (κ2) is 6.09. The molecule has 1 aromatic carbocycles. The van der Waals surface area contributed by atoms with E-state index in [-0.39, 0.29) is 5.91 Å². The van der Waals surface area contributed by atoms with Crippen molar-refractivity contribution in [1.29, 1.82) is 0 Å². The van der Waals surface area contributed by atoms with E-state index in [0.717, 1.165) is 16.9 Å². The molecule has 4 heteroatoms. The fourth-order valence-corrected chi connectivity index (χ4v) is 1.96. The number of carbonyl (C=O) groups excluding carboxylic acids is 1. The maximum atomic E-state index is 11.8. The number of methoxy groups -OCH3 is 1. The van der Waals surface area contributed by atoms with E-state index < -0.39 is 0 Å². The third kappa shape index (κ3) is 3.61. The van der Waals surface area contributed by atoms with Gasteiger partial charge in [-0.05, 0) is 17.7 Å². The maximum Gasteiger partial charge on any atom is 0.224 e. The molecule has 0 spiro atoms. The number of aromatic nitrogens is 1. The standard InChI is InChI=1S/C15H18N2O2/c1-17-8-7-12(11-17)9-15(18)16-10-13-5-3-4-6-14(13)19-2/h3-8,11H,9-10H2,1-2H3,(H,16,18). The first kappa shape index (κ1) is 13.2. The van der Waals surface area contributed by atoms with Crippen molar-refractivity contribution in [2.45, 2.75) is 13.0 Å². The molecule has 100 valence electrons. The molecule has 0 fully saturated rings. The van der Waals surface area contributed by atoms with Crippen LogP contribution in [-0.4, -0.2) is 17.6 Å². The number of aryl methyl sites for hydroxylation is 1. The van der Waals surface area contributed by atoms with E-state index in [1.54, 1.807) is 7.11 Å². The van der Waals surface area contributed by atoms with Gasteiger partial charge in [0.25, 0.3) is 0 Å². The number of amides is 1. The summed E-state index contributed by atoms with van der Waals surface area (Å²) in [4.78, 5) is 11.8. The second-order valence-electron chi connectivity index (χ2n) is 4.45. The van der Waals surface area contributed by atoms with E-state index in [2.05, 4.69) is 5.32 Å². The molecule has 19 heavy (non-hydrogen) atoms. The van der Waals surface area contributed by atoms with Gasteiger partial charge >= 0.3 is 0 Å². The summed E-state index contributed by atoms with van der Waals surface area (Å²) < 4.78 is 7.18. The smallest absolute Gasteiger partial charge is 0.224 e. The summed E-state index contributed by atoms with van der Waals surface area (Å²) in [6.45, 7) is 0.482. The molecule has 0 atom stereocenters. The van der Waals surface area contributed by atoms with Crippen LogP contribution in [0.5, 0.6) is 5.75 Å². The molecule has 0 radical (unpaired) electrons. The Kier molecular flexibility index (Phi) is 4.23. The minimum absolute atomic E-state index is 0.0112. The number of carbonyl (C=O) groups is 1. The highest BCUT2D eigenvalue weighted by Crippen LogP contribution is 2.16. The summed E-state index contributed by atoms with van der Waals surface area (Å²) in [5.41, 5.74) is 1.99. The molecular weight excluding hydrogens is 240 g/mol.